The molecule has 14 atom stereocenters. The number of aromatic nitrogens is 2. The molecule has 50 heavy (non-hydrogen) atoms. The molecular weight excluding hydrogens is 634 g/mol. The van der Waals surface area contributed by atoms with E-state index in [0.29, 0.717) is 30.3 Å². The topological polar surface area (TPSA) is 126 Å². The lowest BCUT2D eigenvalue weighted by Gasteiger charge is -2.64. The van der Waals surface area contributed by atoms with E-state index in [0.717, 1.165) is 51.1 Å². The number of esters is 1. The fourth-order valence-electron chi connectivity index (χ4n) is 14.3. The number of hydrogen-bond acceptors (Lipinski definition) is 9. The molecule has 7 aliphatic rings. The maximum absolute atomic E-state index is 12.6. The molecule has 0 radical (unpaired) electrons. The van der Waals surface area contributed by atoms with Crippen LogP contribution in [0.25, 0.3) is 0 Å². The van der Waals surface area contributed by atoms with Gasteiger partial charge in [-0.25, -0.2) is 4.98 Å². The zero-order chi connectivity index (χ0) is 35.6. The summed E-state index contributed by atoms with van der Waals surface area (Å²) in [6.45, 7) is 19.9. The third kappa shape index (κ3) is 4.93. The Labute approximate surface area is 298 Å². The van der Waals surface area contributed by atoms with E-state index in [1.165, 1.54) is 26.2 Å². The molecule has 0 bridgehead atoms. The standard InChI is InChI=1S/C40H63N3O7/c1-23-19-25(34(36(5,6)46)48-24(2)44)49-32-31(23)37(7)13-14-40-22-39(40)12-11-28(35(3,4)26(39)9-10-27(40)38(37,8)33(32)45)50-30-21-43(17-18-47-30)20-29-41-15-16-42-29/h15-16,23,25-28,30-34,45-46H,9-14,17-22H2,1-8H3,(H,41,42)/t23-,25?,26+,27?,28?,30?,31+,32?,33+,34+,37?,38?,39?,40?/m1/s1. The second-order valence-electron chi connectivity index (χ2n) is 19.4. The summed E-state index contributed by atoms with van der Waals surface area (Å²) < 4.78 is 25.7. The van der Waals surface area contributed by atoms with Gasteiger partial charge in [-0.15, -0.1) is 0 Å². The number of carbonyl (C=O) groups excluding carboxylic acids is 1. The maximum atomic E-state index is 12.6. The third-order valence-electron chi connectivity index (χ3n) is 16.5. The molecule has 2 aliphatic heterocycles. The summed E-state index contributed by atoms with van der Waals surface area (Å²) in [5.41, 5.74) is -1.03. The van der Waals surface area contributed by atoms with Gasteiger partial charge >= 0.3 is 5.97 Å². The largest absolute Gasteiger partial charge is 0.457 e. The van der Waals surface area contributed by atoms with Crippen LogP contribution in [0.15, 0.2) is 12.4 Å². The lowest BCUT2D eigenvalue weighted by molar-refractivity contribution is -0.249. The van der Waals surface area contributed by atoms with Gasteiger partial charge in [0, 0.05) is 31.3 Å². The predicted molar refractivity (Wildman–Crippen MR) is 186 cm³/mol. The first kappa shape index (κ1) is 35.5. The highest BCUT2D eigenvalue weighted by atomic mass is 16.7. The Morgan fingerprint density at radius 3 is 2.58 bits per heavy atom. The number of ether oxygens (including phenoxy) is 4. The van der Waals surface area contributed by atoms with E-state index in [4.69, 9.17) is 18.9 Å². The lowest BCUT2D eigenvalue weighted by atomic mass is 9.41. The zero-order valence-electron chi connectivity index (χ0n) is 31.7. The van der Waals surface area contributed by atoms with Gasteiger partial charge in [0.25, 0.3) is 0 Å². The van der Waals surface area contributed by atoms with Gasteiger partial charge in [-0.05, 0) is 111 Å². The first-order chi connectivity index (χ1) is 23.5. The van der Waals surface area contributed by atoms with Crippen molar-refractivity contribution in [3.63, 3.8) is 0 Å². The van der Waals surface area contributed by atoms with E-state index in [1.807, 2.05) is 12.4 Å². The SMILES string of the molecule is CC(=O)O[C@@H](C1C[C@@H](C)[C@H]2C(O1)[C@H](O)C1(C)C3CC[C@H]4C(C)(C)C(OC5CN(Cc6ncc[nH]6)CCO5)CCC45CC35CCC21C)C(C)(C)O. The van der Waals surface area contributed by atoms with Crippen LogP contribution in [-0.2, 0) is 30.3 Å². The Kier molecular flexibility index (Phi) is 8.31. The van der Waals surface area contributed by atoms with Crippen molar-refractivity contribution in [2.24, 2.45) is 50.7 Å². The highest BCUT2D eigenvalue weighted by Crippen LogP contribution is 2.89. The Morgan fingerprint density at radius 1 is 1.14 bits per heavy atom. The minimum absolute atomic E-state index is 0.0248. The lowest BCUT2D eigenvalue weighted by Crippen LogP contribution is -2.60. The molecule has 1 aromatic rings. The van der Waals surface area contributed by atoms with Crippen molar-refractivity contribution in [1.29, 1.82) is 0 Å². The molecule has 0 aromatic carbocycles. The first-order valence-electron chi connectivity index (χ1n) is 19.7. The van der Waals surface area contributed by atoms with E-state index >= 15 is 0 Å². The molecule has 2 spiro atoms. The van der Waals surface area contributed by atoms with E-state index in [1.54, 1.807) is 13.8 Å². The van der Waals surface area contributed by atoms with E-state index in [9.17, 15) is 15.0 Å². The van der Waals surface area contributed by atoms with Crippen LogP contribution in [-0.4, -0.2) is 93.2 Å². The number of aromatic amines is 1. The number of rotatable bonds is 7. The number of imidazole rings is 1. The summed E-state index contributed by atoms with van der Waals surface area (Å²) >= 11 is 0. The van der Waals surface area contributed by atoms with Gasteiger partial charge in [0.2, 0.25) is 0 Å². The average Bonchev–Trinajstić information content (AvgIpc) is 3.33. The molecule has 10 nitrogen and oxygen atoms in total. The Hall–Kier alpha value is -1.56. The number of H-pyrrole nitrogens is 1. The number of hydrogen-bond donors (Lipinski definition) is 3. The van der Waals surface area contributed by atoms with Crippen LogP contribution >= 0.6 is 0 Å². The van der Waals surface area contributed by atoms with Gasteiger partial charge in [0.05, 0.1) is 49.7 Å². The third-order valence-corrected chi connectivity index (χ3v) is 16.5. The van der Waals surface area contributed by atoms with Gasteiger partial charge in [0.15, 0.2) is 12.4 Å². The monoisotopic (exact) mass is 697 g/mol. The smallest absolute Gasteiger partial charge is 0.303 e. The fourth-order valence-corrected chi connectivity index (χ4v) is 14.3. The van der Waals surface area contributed by atoms with Crippen LogP contribution in [0.5, 0.6) is 0 Å². The van der Waals surface area contributed by atoms with Crippen LogP contribution in [0.1, 0.15) is 113 Å². The normalized spacial score (nSPS) is 48.7. The van der Waals surface area contributed by atoms with E-state index in [2.05, 4.69) is 49.5 Å². The van der Waals surface area contributed by atoms with E-state index in [-0.39, 0.29) is 52.0 Å². The van der Waals surface area contributed by atoms with Gasteiger partial charge in [0.1, 0.15) is 5.82 Å². The molecule has 2 saturated heterocycles. The Morgan fingerprint density at radius 2 is 1.88 bits per heavy atom. The molecule has 7 fully saturated rings. The molecule has 3 heterocycles. The molecule has 10 heteroatoms. The Bertz CT molecular complexity index is 1450. The van der Waals surface area contributed by atoms with Gasteiger partial charge in [-0.2, -0.15) is 0 Å². The van der Waals surface area contributed by atoms with Crippen LogP contribution in [0.3, 0.4) is 0 Å². The van der Waals surface area contributed by atoms with Crippen LogP contribution in [0.4, 0.5) is 0 Å². The number of aliphatic hydroxyl groups is 2. The van der Waals surface area contributed by atoms with Crippen molar-refractivity contribution in [1.82, 2.24) is 14.9 Å². The van der Waals surface area contributed by atoms with Gasteiger partial charge < -0.3 is 34.1 Å². The fraction of sp³-hybridized carbons (Fsp3) is 0.900. The quantitative estimate of drug-likeness (QED) is 0.318. The van der Waals surface area contributed by atoms with Crippen LogP contribution < -0.4 is 0 Å². The number of fused-ring (bicyclic) bond motifs is 4. The van der Waals surface area contributed by atoms with Crippen LogP contribution in [0.2, 0.25) is 0 Å². The summed E-state index contributed by atoms with van der Waals surface area (Å²) in [6.07, 6.45) is 10.2. The minimum Gasteiger partial charge on any atom is -0.457 e. The molecule has 3 N–H and O–H groups in total. The number of morpholine rings is 1. The first-order valence-corrected chi connectivity index (χ1v) is 19.7. The molecule has 8 rings (SSSR count). The number of aliphatic hydroxyl groups excluding tert-OH is 1. The highest BCUT2D eigenvalue weighted by Gasteiger charge is 2.84. The molecule has 280 valence electrons. The summed E-state index contributed by atoms with van der Waals surface area (Å²) in [4.78, 5) is 22.1. The Balaban J connectivity index is 1.01. The number of carbonyl (C=O) groups is 1. The molecule has 0 amide bonds. The molecule has 5 aliphatic carbocycles. The maximum Gasteiger partial charge on any atom is 0.303 e. The molecule has 9 unspecified atom stereocenters. The van der Waals surface area contributed by atoms with Crippen LogP contribution in [0, 0.1) is 50.7 Å². The second kappa shape index (κ2) is 11.7. The second-order valence-corrected chi connectivity index (χ2v) is 19.4. The minimum atomic E-state index is -1.26. The summed E-state index contributed by atoms with van der Waals surface area (Å²) in [5, 5.41) is 23.7. The zero-order valence-corrected chi connectivity index (χ0v) is 31.7. The van der Waals surface area contributed by atoms with Crippen molar-refractivity contribution in [2.45, 2.75) is 156 Å². The van der Waals surface area contributed by atoms with Crippen molar-refractivity contribution in [2.75, 3.05) is 19.7 Å². The molecule has 5 saturated carbocycles. The van der Waals surface area contributed by atoms with Gasteiger partial charge in [-0.3, -0.25) is 9.69 Å². The van der Waals surface area contributed by atoms with Crippen molar-refractivity contribution < 1.29 is 34.0 Å². The average molecular weight is 698 g/mol. The number of nitrogens with one attached hydrogen (secondary N) is 1. The van der Waals surface area contributed by atoms with Crippen molar-refractivity contribution in [3.05, 3.63) is 18.2 Å². The summed E-state index contributed by atoms with van der Waals surface area (Å²) in [7, 11) is 0. The molecular formula is C40H63N3O7. The van der Waals surface area contributed by atoms with Gasteiger partial charge in [-0.1, -0.05) is 34.6 Å². The van der Waals surface area contributed by atoms with E-state index < -0.39 is 29.9 Å². The predicted octanol–water partition coefficient (Wildman–Crippen LogP) is 5.47. The highest BCUT2D eigenvalue weighted by molar-refractivity contribution is 5.66. The summed E-state index contributed by atoms with van der Waals surface area (Å²) in [5.74, 6) is 2.05. The summed E-state index contributed by atoms with van der Waals surface area (Å²) in [6, 6.07) is 0. The molecule has 1 aromatic heterocycles. The number of nitrogens with zero attached hydrogens (tertiary/aromatic N) is 2. The van der Waals surface area contributed by atoms with Crippen molar-refractivity contribution >= 4 is 5.97 Å². The van der Waals surface area contributed by atoms with Crippen molar-refractivity contribution in [3.8, 4) is 0 Å².